The van der Waals surface area contributed by atoms with Gasteiger partial charge in [-0.3, -0.25) is 0 Å². The Labute approximate surface area is 116 Å². The van der Waals surface area contributed by atoms with E-state index in [9.17, 15) is 4.79 Å². The number of carbonyl (C=O) groups is 1. The van der Waals surface area contributed by atoms with Crippen LogP contribution in [0.25, 0.3) is 0 Å². The Morgan fingerprint density at radius 3 is 3.00 bits per heavy atom. The lowest BCUT2D eigenvalue weighted by molar-refractivity contribution is 0.216. The SMILES string of the molecule is COc1ccc(Cl)cc1NC(=O)N1CCSC1C. The van der Waals surface area contributed by atoms with E-state index in [4.69, 9.17) is 16.3 Å². The molecule has 6 heteroatoms. The summed E-state index contributed by atoms with van der Waals surface area (Å²) in [6.45, 7) is 2.78. The second kappa shape index (κ2) is 5.71. The van der Waals surface area contributed by atoms with Crippen LogP contribution in [0, 0.1) is 0 Å². The number of benzene rings is 1. The van der Waals surface area contributed by atoms with Crippen molar-refractivity contribution in [1.29, 1.82) is 0 Å². The topological polar surface area (TPSA) is 41.6 Å². The number of ether oxygens (including phenoxy) is 1. The van der Waals surface area contributed by atoms with E-state index in [1.807, 2.05) is 6.92 Å². The summed E-state index contributed by atoms with van der Waals surface area (Å²) in [4.78, 5) is 13.9. The van der Waals surface area contributed by atoms with E-state index < -0.39 is 0 Å². The summed E-state index contributed by atoms with van der Waals surface area (Å²) in [5, 5.41) is 3.61. The molecule has 1 aliphatic heterocycles. The lowest BCUT2D eigenvalue weighted by Gasteiger charge is -2.21. The van der Waals surface area contributed by atoms with Gasteiger partial charge in [-0.25, -0.2) is 4.79 Å². The number of amides is 2. The van der Waals surface area contributed by atoms with Crippen LogP contribution in [-0.4, -0.2) is 35.7 Å². The number of anilines is 1. The normalized spacial score (nSPS) is 18.8. The fourth-order valence-corrected chi connectivity index (χ4v) is 3.02. The van der Waals surface area contributed by atoms with Crippen LogP contribution in [0.2, 0.25) is 5.02 Å². The number of hydrogen-bond acceptors (Lipinski definition) is 3. The Morgan fingerprint density at radius 1 is 1.61 bits per heavy atom. The van der Waals surface area contributed by atoms with Crippen LogP contribution in [0.3, 0.4) is 0 Å². The van der Waals surface area contributed by atoms with Crippen molar-refractivity contribution in [2.24, 2.45) is 0 Å². The van der Waals surface area contributed by atoms with Gasteiger partial charge in [0.2, 0.25) is 0 Å². The number of nitrogens with zero attached hydrogens (tertiary/aromatic N) is 1. The third-order valence-electron chi connectivity index (χ3n) is 2.79. The Balaban J connectivity index is 2.13. The smallest absolute Gasteiger partial charge is 0.322 e. The fraction of sp³-hybridized carbons (Fsp3) is 0.417. The minimum atomic E-state index is -0.118. The van der Waals surface area contributed by atoms with Gasteiger partial charge in [-0.2, -0.15) is 0 Å². The number of rotatable bonds is 2. The van der Waals surface area contributed by atoms with Crippen LogP contribution >= 0.6 is 23.4 Å². The highest BCUT2D eigenvalue weighted by Gasteiger charge is 2.26. The van der Waals surface area contributed by atoms with Crippen LogP contribution in [0.1, 0.15) is 6.92 Å². The third kappa shape index (κ3) is 2.84. The lowest BCUT2D eigenvalue weighted by Crippen LogP contribution is -2.36. The van der Waals surface area contributed by atoms with E-state index in [0.717, 1.165) is 12.3 Å². The Hall–Kier alpha value is -1.07. The standard InChI is InChI=1S/C12H15ClN2O2S/c1-8-15(5-6-18-8)12(16)14-10-7-9(13)3-4-11(10)17-2/h3-4,7-8H,5-6H2,1-2H3,(H,14,16). The predicted octanol–water partition coefficient (Wildman–Crippen LogP) is 3.28. The molecule has 0 saturated carbocycles. The Bertz CT molecular complexity index is 456. The van der Waals surface area contributed by atoms with Gasteiger partial charge in [0.1, 0.15) is 5.75 Å². The summed E-state index contributed by atoms with van der Waals surface area (Å²) in [6.07, 6.45) is 0. The second-order valence-electron chi connectivity index (χ2n) is 3.94. The summed E-state index contributed by atoms with van der Waals surface area (Å²) in [6, 6.07) is 5.03. The molecule has 0 spiro atoms. The number of hydrogen-bond donors (Lipinski definition) is 1. The number of urea groups is 1. The molecule has 1 aliphatic rings. The molecule has 0 aromatic heterocycles. The van der Waals surface area contributed by atoms with Gasteiger partial charge in [-0.15, -0.1) is 11.8 Å². The first kappa shape index (κ1) is 13.4. The largest absolute Gasteiger partial charge is 0.495 e. The summed E-state index contributed by atoms with van der Waals surface area (Å²) in [5.74, 6) is 1.58. The third-order valence-corrected chi connectivity index (χ3v) is 4.18. The van der Waals surface area contributed by atoms with Crippen molar-refractivity contribution in [3.05, 3.63) is 23.2 Å². The van der Waals surface area contributed by atoms with Gasteiger partial charge in [0, 0.05) is 17.3 Å². The number of halogens is 1. The van der Waals surface area contributed by atoms with Crippen LogP contribution in [-0.2, 0) is 0 Å². The molecule has 1 atom stereocenters. The maximum Gasteiger partial charge on any atom is 0.322 e. The molecule has 1 heterocycles. The maximum absolute atomic E-state index is 12.1. The van der Waals surface area contributed by atoms with Crippen molar-refractivity contribution < 1.29 is 9.53 Å². The number of thioether (sulfide) groups is 1. The van der Waals surface area contributed by atoms with Crippen molar-refractivity contribution in [2.75, 3.05) is 24.7 Å². The van der Waals surface area contributed by atoms with Gasteiger partial charge in [0.25, 0.3) is 0 Å². The highest BCUT2D eigenvalue weighted by atomic mass is 35.5. The molecule has 1 N–H and O–H groups in total. The van der Waals surface area contributed by atoms with Crippen molar-refractivity contribution in [1.82, 2.24) is 4.90 Å². The first-order chi connectivity index (χ1) is 8.61. The molecule has 2 rings (SSSR count). The van der Waals surface area contributed by atoms with Gasteiger partial charge in [-0.05, 0) is 25.1 Å². The zero-order valence-electron chi connectivity index (χ0n) is 10.3. The number of nitrogens with one attached hydrogen (secondary N) is 1. The molecule has 18 heavy (non-hydrogen) atoms. The molecule has 0 bridgehead atoms. The van der Waals surface area contributed by atoms with Gasteiger partial charge >= 0.3 is 6.03 Å². The van der Waals surface area contributed by atoms with Crippen LogP contribution < -0.4 is 10.1 Å². The molecule has 1 aromatic rings. The number of carbonyl (C=O) groups excluding carboxylic acids is 1. The predicted molar refractivity (Wildman–Crippen MR) is 75.6 cm³/mol. The summed E-state index contributed by atoms with van der Waals surface area (Å²) in [7, 11) is 1.56. The van der Waals surface area contributed by atoms with Crippen molar-refractivity contribution in [3.8, 4) is 5.75 Å². The monoisotopic (exact) mass is 286 g/mol. The van der Waals surface area contributed by atoms with Crippen LogP contribution in [0.15, 0.2) is 18.2 Å². The average molecular weight is 287 g/mol. The van der Waals surface area contributed by atoms with E-state index >= 15 is 0 Å². The Morgan fingerprint density at radius 2 is 2.39 bits per heavy atom. The maximum atomic E-state index is 12.1. The molecule has 1 saturated heterocycles. The summed E-state index contributed by atoms with van der Waals surface area (Å²) in [5.41, 5.74) is 0.596. The summed E-state index contributed by atoms with van der Waals surface area (Å²) >= 11 is 7.69. The van der Waals surface area contributed by atoms with E-state index in [1.165, 1.54) is 0 Å². The average Bonchev–Trinajstić information content (AvgIpc) is 2.76. The van der Waals surface area contributed by atoms with Crippen molar-refractivity contribution in [2.45, 2.75) is 12.3 Å². The second-order valence-corrected chi connectivity index (χ2v) is 5.80. The van der Waals surface area contributed by atoms with Gasteiger partial charge in [-0.1, -0.05) is 11.6 Å². The van der Waals surface area contributed by atoms with E-state index in [-0.39, 0.29) is 11.4 Å². The highest BCUT2D eigenvalue weighted by Crippen LogP contribution is 2.29. The Kier molecular flexibility index (Phi) is 4.24. The first-order valence-corrected chi connectivity index (χ1v) is 7.07. The number of methoxy groups -OCH3 is 1. The zero-order valence-corrected chi connectivity index (χ0v) is 11.8. The van der Waals surface area contributed by atoms with Gasteiger partial charge in [0.05, 0.1) is 18.2 Å². The molecule has 1 aromatic carbocycles. The van der Waals surface area contributed by atoms with Gasteiger partial charge in [0.15, 0.2) is 0 Å². The summed E-state index contributed by atoms with van der Waals surface area (Å²) < 4.78 is 5.19. The molecule has 0 radical (unpaired) electrons. The molecule has 2 amide bonds. The fourth-order valence-electron chi connectivity index (χ4n) is 1.82. The van der Waals surface area contributed by atoms with Gasteiger partial charge < -0.3 is 15.0 Å². The minimum Gasteiger partial charge on any atom is -0.495 e. The molecule has 0 aliphatic carbocycles. The molecule has 98 valence electrons. The van der Waals surface area contributed by atoms with Crippen LogP contribution in [0.5, 0.6) is 5.75 Å². The molecule has 1 unspecified atom stereocenters. The van der Waals surface area contributed by atoms with E-state index in [0.29, 0.717) is 16.5 Å². The van der Waals surface area contributed by atoms with Crippen molar-refractivity contribution >= 4 is 35.1 Å². The van der Waals surface area contributed by atoms with E-state index in [2.05, 4.69) is 5.32 Å². The van der Waals surface area contributed by atoms with Crippen LogP contribution in [0.4, 0.5) is 10.5 Å². The highest BCUT2D eigenvalue weighted by molar-refractivity contribution is 8.00. The molecular formula is C12H15ClN2O2S. The minimum absolute atomic E-state index is 0.118. The first-order valence-electron chi connectivity index (χ1n) is 5.64. The molecule has 1 fully saturated rings. The molecule has 4 nitrogen and oxygen atoms in total. The lowest BCUT2D eigenvalue weighted by atomic mass is 10.3. The quantitative estimate of drug-likeness (QED) is 0.907. The zero-order chi connectivity index (χ0) is 13.1. The van der Waals surface area contributed by atoms with Crippen molar-refractivity contribution in [3.63, 3.8) is 0 Å². The van der Waals surface area contributed by atoms with E-state index in [1.54, 1.807) is 42.0 Å². The molecular weight excluding hydrogens is 272 g/mol.